The van der Waals surface area contributed by atoms with E-state index >= 15 is 0 Å². The highest BCUT2D eigenvalue weighted by molar-refractivity contribution is 5.76. The third-order valence-electron chi connectivity index (χ3n) is 4.96. The van der Waals surface area contributed by atoms with E-state index in [2.05, 4.69) is 10.1 Å². The van der Waals surface area contributed by atoms with Crippen molar-refractivity contribution in [2.45, 2.75) is 12.7 Å². The second-order valence-electron chi connectivity index (χ2n) is 6.96. The molecule has 1 saturated heterocycles. The van der Waals surface area contributed by atoms with Crippen molar-refractivity contribution in [1.82, 2.24) is 19.7 Å². The van der Waals surface area contributed by atoms with Gasteiger partial charge in [-0.25, -0.2) is 9.67 Å². The summed E-state index contributed by atoms with van der Waals surface area (Å²) in [5.41, 5.74) is -0.772. The smallest absolute Gasteiger partial charge is 0.417 e. The molecule has 0 aliphatic carbocycles. The first-order chi connectivity index (χ1) is 14.8. The largest absolute Gasteiger partial charge is 0.463 e. The number of furan rings is 1. The predicted molar refractivity (Wildman–Crippen MR) is 104 cm³/mol. The van der Waals surface area contributed by atoms with Crippen LogP contribution < -0.4 is 10.5 Å². The van der Waals surface area contributed by atoms with Crippen LogP contribution in [0.1, 0.15) is 5.56 Å². The molecule has 0 N–H and O–H groups in total. The maximum atomic E-state index is 12.7. The van der Waals surface area contributed by atoms with Gasteiger partial charge in [0.2, 0.25) is 5.91 Å². The average Bonchev–Trinajstić information content (AvgIpc) is 3.30. The molecule has 0 saturated carbocycles. The number of piperazine rings is 1. The summed E-state index contributed by atoms with van der Waals surface area (Å²) in [6.07, 6.45) is -2.14. The van der Waals surface area contributed by atoms with Gasteiger partial charge in [0.15, 0.2) is 5.76 Å². The van der Waals surface area contributed by atoms with Crippen LogP contribution in [-0.2, 0) is 17.5 Å². The number of aromatic nitrogens is 3. The lowest BCUT2D eigenvalue weighted by molar-refractivity contribution is -0.138. The van der Waals surface area contributed by atoms with Crippen LogP contribution in [0.4, 0.5) is 19.0 Å². The summed E-state index contributed by atoms with van der Waals surface area (Å²) in [6.45, 7) is 1.33. The molecular formula is C20H18F3N5O3. The monoisotopic (exact) mass is 433 g/mol. The van der Waals surface area contributed by atoms with Crippen molar-refractivity contribution in [2.75, 3.05) is 31.1 Å². The van der Waals surface area contributed by atoms with Crippen molar-refractivity contribution < 1.29 is 22.4 Å². The number of hydrogen-bond acceptors (Lipinski definition) is 6. The number of hydrogen-bond donors (Lipinski definition) is 0. The van der Waals surface area contributed by atoms with Gasteiger partial charge in [-0.3, -0.25) is 9.59 Å². The van der Waals surface area contributed by atoms with Gasteiger partial charge in [0, 0.05) is 38.4 Å². The van der Waals surface area contributed by atoms with E-state index < -0.39 is 17.3 Å². The van der Waals surface area contributed by atoms with Gasteiger partial charge in [0.25, 0.3) is 5.56 Å². The van der Waals surface area contributed by atoms with Crippen LogP contribution in [0.2, 0.25) is 0 Å². The van der Waals surface area contributed by atoms with Crippen molar-refractivity contribution in [1.29, 1.82) is 0 Å². The van der Waals surface area contributed by atoms with Crippen molar-refractivity contribution in [2.24, 2.45) is 0 Å². The lowest BCUT2D eigenvalue weighted by Crippen LogP contribution is -2.50. The molecule has 11 heteroatoms. The molecule has 3 aromatic heterocycles. The molecule has 0 atom stereocenters. The molecule has 4 heterocycles. The Bertz CT molecular complexity index is 1100. The first-order valence-electron chi connectivity index (χ1n) is 9.49. The molecule has 1 aliphatic heterocycles. The van der Waals surface area contributed by atoms with Gasteiger partial charge in [-0.15, -0.1) is 0 Å². The van der Waals surface area contributed by atoms with Gasteiger partial charge in [-0.05, 0) is 30.3 Å². The van der Waals surface area contributed by atoms with Crippen molar-refractivity contribution in [3.63, 3.8) is 0 Å². The van der Waals surface area contributed by atoms with Crippen molar-refractivity contribution >= 4 is 11.7 Å². The minimum Gasteiger partial charge on any atom is -0.463 e. The molecule has 0 unspecified atom stereocenters. The van der Waals surface area contributed by atoms with Crippen LogP contribution in [0.25, 0.3) is 11.5 Å². The zero-order chi connectivity index (χ0) is 22.0. The van der Waals surface area contributed by atoms with E-state index in [4.69, 9.17) is 4.42 Å². The fourth-order valence-corrected chi connectivity index (χ4v) is 3.27. The molecule has 1 aliphatic rings. The van der Waals surface area contributed by atoms with Gasteiger partial charge < -0.3 is 14.2 Å². The maximum Gasteiger partial charge on any atom is 0.417 e. The number of carbonyl (C=O) groups is 1. The second kappa shape index (κ2) is 8.25. The Morgan fingerprint density at radius 2 is 1.84 bits per heavy atom. The fraction of sp³-hybridized carbons (Fsp3) is 0.300. The van der Waals surface area contributed by atoms with Gasteiger partial charge in [0.1, 0.15) is 18.1 Å². The van der Waals surface area contributed by atoms with E-state index in [0.717, 1.165) is 16.9 Å². The third kappa shape index (κ3) is 4.60. The highest BCUT2D eigenvalue weighted by atomic mass is 19.4. The summed E-state index contributed by atoms with van der Waals surface area (Å²) < 4.78 is 44.4. The topological polar surface area (TPSA) is 84.5 Å². The third-order valence-corrected chi connectivity index (χ3v) is 4.96. The number of anilines is 1. The molecule has 4 rings (SSSR count). The highest BCUT2D eigenvalue weighted by Gasteiger charge is 2.31. The first-order valence-corrected chi connectivity index (χ1v) is 9.49. The minimum absolute atomic E-state index is 0.216. The molecule has 1 amide bonds. The molecule has 162 valence electrons. The zero-order valence-electron chi connectivity index (χ0n) is 16.2. The van der Waals surface area contributed by atoms with E-state index in [1.807, 2.05) is 4.90 Å². The van der Waals surface area contributed by atoms with Crippen LogP contribution in [-0.4, -0.2) is 51.8 Å². The Hall–Kier alpha value is -3.63. The first kappa shape index (κ1) is 20.6. The molecular weight excluding hydrogens is 415 g/mol. The van der Waals surface area contributed by atoms with Crippen molar-refractivity contribution in [3.05, 3.63) is 64.8 Å². The normalized spacial score (nSPS) is 14.7. The standard InChI is InChI=1S/C20H18F3N5O3/c21-20(22,23)14-3-5-17(24-12-14)26-7-9-27(10-8-26)19(30)13-28-18(29)6-4-15(25-28)16-2-1-11-31-16/h1-6,11-12H,7-10,13H2. The lowest BCUT2D eigenvalue weighted by atomic mass is 10.2. The number of nitrogens with zero attached hydrogens (tertiary/aromatic N) is 5. The van der Waals surface area contributed by atoms with Gasteiger partial charge >= 0.3 is 6.18 Å². The zero-order valence-corrected chi connectivity index (χ0v) is 16.2. The number of rotatable bonds is 4. The summed E-state index contributed by atoms with van der Waals surface area (Å²) in [5.74, 6) is 0.634. The number of pyridine rings is 1. The maximum absolute atomic E-state index is 12.7. The average molecular weight is 433 g/mol. The van der Waals surface area contributed by atoms with Crippen LogP contribution in [0.5, 0.6) is 0 Å². The summed E-state index contributed by atoms with van der Waals surface area (Å²) in [5, 5.41) is 4.19. The second-order valence-corrected chi connectivity index (χ2v) is 6.96. The number of amides is 1. The Balaban J connectivity index is 1.38. The Labute approximate surface area is 174 Å². The molecule has 0 bridgehead atoms. The summed E-state index contributed by atoms with van der Waals surface area (Å²) >= 11 is 0. The van der Waals surface area contributed by atoms with E-state index in [9.17, 15) is 22.8 Å². The van der Waals surface area contributed by atoms with E-state index in [1.54, 1.807) is 17.0 Å². The van der Waals surface area contributed by atoms with E-state index in [1.165, 1.54) is 24.5 Å². The van der Waals surface area contributed by atoms with Crippen LogP contribution in [0.15, 0.2) is 58.1 Å². The van der Waals surface area contributed by atoms with Crippen LogP contribution >= 0.6 is 0 Å². The molecule has 0 spiro atoms. The summed E-state index contributed by atoms with van der Waals surface area (Å²) in [4.78, 5) is 32.0. The molecule has 3 aromatic rings. The highest BCUT2D eigenvalue weighted by Crippen LogP contribution is 2.29. The molecule has 1 fully saturated rings. The minimum atomic E-state index is -4.43. The molecule has 8 nitrogen and oxygen atoms in total. The fourth-order valence-electron chi connectivity index (χ4n) is 3.27. The van der Waals surface area contributed by atoms with E-state index in [-0.39, 0.29) is 12.5 Å². The predicted octanol–water partition coefficient (Wildman–Crippen LogP) is 2.27. The van der Waals surface area contributed by atoms with Crippen LogP contribution in [0.3, 0.4) is 0 Å². The van der Waals surface area contributed by atoms with Gasteiger partial charge in [-0.2, -0.15) is 18.3 Å². The Kier molecular flexibility index (Phi) is 5.49. The van der Waals surface area contributed by atoms with E-state index in [0.29, 0.717) is 43.5 Å². The van der Waals surface area contributed by atoms with Crippen LogP contribution in [0, 0.1) is 0 Å². The lowest BCUT2D eigenvalue weighted by Gasteiger charge is -2.35. The molecule has 0 radical (unpaired) electrons. The Morgan fingerprint density at radius 1 is 1.06 bits per heavy atom. The quantitative estimate of drug-likeness (QED) is 0.628. The number of alkyl halides is 3. The SMILES string of the molecule is O=C(Cn1nc(-c2ccco2)ccc1=O)N1CCN(c2ccc(C(F)(F)F)cn2)CC1. The number of carbonyl (C=O) groups excluding carboxylic acids is 1. The van der Waals surface area contributed by atoms with Gasteiger partial charge in [-0.1, -0.05) is 0 Å². The summed E-state index contributed by atoms with van der Waals surface area (Å²) in [7, 11) is 0. The van der Waals surface area contributed by atoms with Gasteiger partial charge in [0.05, 0.1) is 11.8 Å². The summed E-state index contributed by atoms with van der Waals surface area (Å²) in [6, 6.07) is 8.56. The molecule has 0 aromatic carbocycles. The Morgan fingerprint density at radius 3 is 2.45 bits per heavy atom. The molecule has 31 heavy (non-hydrogen) atoms. The van der Waals surface area contributed by atoms with Crippen molar-refractivity contribution in [3.8, 4) is 11.5 Å². The number of halogens is 3.